The van der Waals surface area contributed by atoms with Crippen LogP contribution in [0, 0.1) is 5.82 Å². The first-order valence-corrected chi connectivity index (χ1v) is 9.40. The second-order valence-corrected chi connectivity index (χ2v) is 6.53. The predicted octanol–water partition coefficient (Wildman–Crippen LogP) is 2.45. The van der Waals surface area contributed by atoms with Gasteiger partial charge in [0.15, 0.2) is 5.76 Å². The Balaban J connectivity index is 1.70. The van der Waals surface area contributed by atoms with Crippen molar-refractivity contribution < 1.29 is 28.7 Å². The van der Waals surface area contributed by atoms with Crippen LogP contribution in [0.15, 0.2) is 47.1 Å². The molecular formula is C21H22FN3O5. The standard InChI is InChI=1S/C21H22FN3O5/c1-2-15(10-26)24-21(28)18-8-7-16(9-23-18)29-12-17-19(11-27)30-25-20(17)13-3-5-14(22)6-4-13/h3-9,15,26-27H,2,10-12H2,1H3,(H,24,28)/t15-/m0/s1. The number of nitrogens with one attached hydrogen (secondary N) is 1. The zero-order valence-electron chi connectivity index (χ0n) is 16.3. The average Bonchev–Trinajstić information content (AvgIpc) is 3.19. The minimum absolute atomic E-state index is 0.0295. The van der Waals surface area contributed by atoms with Gasteiger partial charge in [-0.2, -0.15) is 0 Å². The SMILES string of the molecule is CC[C@@H](CO)NC(=O)c1ccc(OCc2c(-c3ccc(F)cc3)noc2CO)cn1. The van der Waals surface area contributed by atoms with Gasteiger partial charge in [0.2, 0.25) is 0 Å². The number of pyridine rings is 1. The molecule has 9 heteroatoms. The lowest BCUT2D eigenvalue weighted by molar-refractivity contribution is 0.0909. The van der Waals surface area contributed by atoms with Gasteiger partial charge in [-0.3, -0.25) is 4.79 Å². The molecule has 1 atom stereocenters. The number of carbonyl (C=O) groups is 1. The second kappa shape index (κ2) is 9.95. The molecule has 3 N–H and O–H groups in total. The van der Waals surface area contributed by atoms with E-state index in [1.807, 2.05) is 6.92 Å². The molecule has 0 aliphatic carbocycles. The van der Waals surface area contributed by atoms with Gasteiger partial charge in [0.1, 0.15) is 36.2 Å². The molecule has 0 spiro atoms. The number of rotatable bonds is 9. The Bertz CT molecular complexity index is 969. The van der Waals surface area contributed by atoms with Crippen molar-refractivity contribution in [3.05, 3.63) is 65.4 Å². The highest BCUT2D eigenvalue weighted by atomic mass is 19.1. The fourth-order valence-corrected chi connectivity index (χ4v) is 2.74. The van der Waals surface area contributed by atoms with Gasteiger partial charge in [0.05, 0.1) is 24.4 Å². The third-order valence-corrected chi connectivity index (χ3v) is 4.53. The van der Waals surface area contributed by atoms with Crippen molar-refractivity contribution in [1.29, 1.82) is 0 Å². The molecule has 0 bridgehead atoms. The maximum Gasteiger partial charge on any atom is 0.270 e. The summed E-state index contributed by atoms with van der Waals surface area (Å²) in [6.07, 6.45) is 2.00. The molecule has 2 heterocycles. The third kappa shape index (κ3) is 5.00. The molecule has 8 nitrogen and oxygen atoms in total. The lowest BCUT2D eigenvalue weighted by atomic mass is 10.1. The topological polar surface area (TPSA) is 118 Å². The number of amides is 1. The van der Waals surface area contributed by atoms with Crippen LogP contribution < -0.4 is 10.1 Å². The number of halogens is 1. The maximum absolute atomic E-state index is 13.2. The van der Waals surface area contributed by atoms with E-state index in [1.54, 1.807) is 18.2 Å². The van der Waals surface area contributed by atoms with E-state index in [2.05, 4.69) is 15.5 Å². The van der Waals surface area contributed by atoms with E-state index >= 15 is 0 Å². The molecular weight excluding hydrogens is 393 g/mol. The Morgan fingerprint density at radius 1 is 1.23 bits per heavy atom. The highest BCUT2D eigenvalue weighted by Crippen LogP contribution is 2.27. The Morgan fingerprint density at radius 3 is 2.60 bits per heavy atom. The summed E-state index contributed by atoms with van der Waals surface area (Å²) < 4.78 is 24.1. The number of aliphatic hydroxyl groups excluding tert-OH is 2. The predicted molar refractivity (Wildman–Crippen MR) is 105 cm³/mol. The van der Waals surface area contributed by atoms with Gasteiger partial charge in [-0.15, -0.1) is 0 Å². The minimum atomic E-state index is -0.386. The third-order valence-electron chi connectivity index (χ3n) is 4.53. The van der Waals surface area contributed by atoms with Gasteiger partial charge < -0.3 is 24.8 Å². The van der Waals surface area contributed by atoms with Crippen molar-refractivity contribution in [2.75, 3.05) is 6.61 Å². The molecule has 3 aromatic rings. The number of benzene rings is 1. The number of carbonyl (C=O) groups excluding carboxylic acids is 1. The van der Waals surface area contributed by atoms with Crippen LogP contribution in [-0.4, -0.2) is 38.9 Å². The average molecular weight is 415 g/mol. The van der Waals surface area contributed by atoms with Crippen LogP contribution in [-0.2, 0) is 13.2 Å². The van der Waals surface area contributed by atoms with Crippen molar-refractivity contribution in [3.8, 4) is 17.0 Å². The Labute approximate surface area is 172 Å². The van der Waals surface area contributed by atoms with Crippen LogP contribution in [0.3, 0.4) is 0 Å². The maximum atomic E-state index is 13.2. The summed E-state index contributed by atoms with van der Waals surface area (Å²) in [5.74, 6) is -0.117. The first-order chi connectivity index (χ1) is 14.5. The van der Waals surface area contributed by atoms with Crippen LogP contribution in [0.5, 0.6) is 5.75 Å². The first-order valence-electron chi connectivity index (χ1n) is 9.40. The van der Waals surface area contributed by atoms with E-state index in [0.717, 1.165) is 0 Å². The van der Waals surface area contributed by atoms with Crippen molar-refractivity contribution in [2.45, 2.75) is 32.6 Å². The summed E-state index contributed by atoms with van der Waals surface area (Å²) >= 11 is 0. The van der Waals surface area contributed by atoms with Gasteiger partial charge in [0, 0.05) is 5.56 Å². The van der Waals surface area contributed by atoms with Crippen LogP contribution in [0.25, 0.3) is 11.3 Å². The first kappa shape index (κ1) is 21.4. The largest absolute Gasteiger partial charge is 0.487 e. The monoisotopic (exact) mass is 415 g/mol. The van der Waals surface area contributed by atoms with Crippen molar-refractivity contribution in [1.82, 2.24) is 15.5 Å². The van der Waals surface area contributed by atoms with Gasteiger partial charge in [-0.1, -0.05) is 12.1 Å². The van der Waals surface area contributed by atoms with Crippen LogP contribution in [0.2, 0.25) is 0 Å². The summed E-state index contributed by atoms with van der Waals surface area (Å²) in [7, 11) is 0. The van der Waals surface area contributed by atoms with Crippen LogP contribution in [0.4, 0.5) is 4.39 Å². The molecule has 158 valence electrons. The van der Waals surface area contributed by atoms with Crippen molar-refractivity contribution >= 4 is 5.91 Å². The molecule has 0 unspecified atom stereocenters. The lowest BCUT2D eigenvalue weighted by Crippen LogP contribution is -2.37. The van der Waals surface area contributed by atoms with Gasteiger partial charge in [-0.25, -0.2) is 9.37 Å². The quantitative estimate of drug-likeness (QED) is 0.491. The minimum Gasteiger partial charge on any atom is -0.487 e. The fraction of sp³-hybridized carbons (Fsp3) is 0.286. The van der Waals surface area contributed by atoms with E-state index in [0.29, 0.717) is 29.0 Å². The fourth-order valence-electron chi connectivity index (χ4n) is 2.74. The van der Waals surface area contributed by atoms with E-state index < -0.39 is 0 Å². The highest BCUT2D eigenvalue weighted by molar-refractivity contribution is 5.92. The molecule has 30 heavy (non-hydrogen) atoms. The molecule has 3 rings (SSSR count). The molecule has 0 radical (unpaired) electrons. The molecule has 0 saturated heterocycles. The summed E-state index contributed by atoms with van der Waals surface area (Å²) in [6.45, 7) is 1.37. The van der Waals surface area contributed by atoms with E-state index in [1.165, 1.54) is 24.4 Å². The molecule has 1 aromatic carbocycles. The normalized spacial score (nSPS) is 11.9. The lowest BCUT2D eigenvalue weighted by Gasteiger charge is -2.13. The Morgan fingerprint density at radius 2 is 2.00 bits per heavy atom. The Kier molecular flexibility index (Phi) is 7.10. The van der Waals surface area contributed by atoms with Gasteiger partial charge >= 0.3 is 0 Å². The zero-order valence-corrected chi connectivity index (χ0v) is 16.3. The second-order valence-electron chi connectivity index (χ2n) is 6.53. The molecule has 0 aliphatic rings. The smallest absolute Gasteiger partial charge is 0.270 e. The summed E-state index contributed by atoms with van der Waals surface area (Å²) in [5.41, 5.74) is 1.79. The van der Waals surface area contributed by atoms with E-state index in [9.17, 15) is 19.4 Å². The number of hydrogen-bond acceptors (Lipinski definition) is 7. The molecule has 0 fully saturated rings. The molecule has 1 amide bonds. The zero-order chi connectivity index (χ0) is 21.5. The number of aromatic nitrogens is 2. The van der Waals surface area contributed by atoms with Crippen LogP contribution in [0.1, 0.15) is 35.2 Å². The Hall–Kier alpha value is -3.30. The molecule has 0 aliphatic heterocycles. The molecule has 2 aromatic heterocycles. The highest BCUT2D eigenvalue weighted by Gasteiger charge is 2.18. The van der Waals surface area contributed by atoms with Crippen molar-refractivity contribution in [2.24, 2.45) is 0 Å². The number of hydrogen-bond donors (Lipinski definition) is 3. The van der Waals surface area contributed by atoms with Gasteiger partial charge in [-0.05, 0) is 42.8 Å². The summed E-state index contributed by atoms with van der Waals surface area (Å²) in [4.78, 5) is 16.2. The molecule has 0 saturated carbocycles. The summed E-state index contributed by atoms with van der Waals surface area (Å²) in [6, 6.07) is 8.50. The van der Waals surface area contributed by atoms with E-state index in [-0.39, 0.29) is 49.0 Å². The van der Waals surface area contributed by atoms with E-state index in [4.69, 9.17) is 9.26 Å². The number of aliphatic hydroxyl groups is 2. The number of nitrogens with zero attached hydrogens (tertiary/aromatic N) is 2. The van der Waals surface area contributed by atoms with Gasteiger partial charge in [0.25, 0.3) is 5.91 Å². The number of ether oxygens (including phenoxy) is 1. The summed E-state index contributed by atoms with van der Waals surface area (Å²) in [5, 5.41) is 25.3. The van der Waals surface area contributed by atoms with Crippen molar-refractivity contribution in [3.63, 3.8) is 0 Å². The van der Waals surface area contributed by atoms with Crippen LogP contribution >= 0.6 is 0 Å².